The first-order valence-corrected chi connectivity index (χ1v) is 11.1. The van der Waals surface area contributed by atoms with Crippen LogP contribution in [-0.2, 0) is 14.8 Å². The van der Waals surface area contributed by atoms with Crippen molar-refractivity contribution in [2.75, 3.05) is 23.8 Å². The molecule has 0 aromatic heterocycles. The van der Waals surface area contributed by atoms with E-state index in [4.69, 9.17) is 21.1 Å². The molecule has 0 aliphatic heterocycles. The lowest BCUT2D eigenvalue weighted by Crippen LogP contribution is -2.20. The summed E-state index contributed by atoms with van der Waals surface area (Å²) in [5, 5.41) is 3.24. The Morgan fingerprint density at radius 3 is 2.45 bits per heavy atom. The molecule has 0 atom stereocenters. The van der Waals surface area contributed by atoms with Crippen LogP contribution in [0.25, 0.3) is 0 Å². The van der Waals surface area contributed by atoms with E-state index in [1.165, 1.54) is 31.4 Å². The minimum atomic E-state index is -3.79. The van der Waals surface area contributed by atoms with Gasteiger partial charge in [-0.25, -0.2) is 8.42 Å². The number of amides is 1. The molecule has 0 saturated heterocycles. The summed E-state index contributed by atoms with van der Waals surface area (Å²) in [5.41, 5.74) is 1.86. The van der Waals surface area contributed by atoms with Crippen molar-refractivity contribution in [2.45, 2.75) is 11.8 Å². The molecule has 0 spiro atoms. The van der Waals surface area contributed by atoms with Gasteiger partial charge in [0.1, 0.15) is 11.5 Å². The average molecular weight is 461 g/mol. The lowest BCUT2D eigenvalue weighted by Gasteiger charge is -2.11. The minimum Gasteiger partial charge on any atom is -0.497 e. The number of aryl methyl sites for hydroxylation is 1. The topological polar surface area (TPSA) is 93.7 Å². The van der Waals surface area contributed by atoms with Gasteiger partial charge in [0.2, 0.25) is 0 Å². The molecule has 0 radical (unpaired) electrons. The number of carbonyl (C=O) groups is 1. The number of methoxy groups -OCH3 is 1. The highest BCUT2D eigenvalue weighted by Crippen LogP contribution is 2.23. The number of halogens is 1. The van der Waals surface area contributed by atoms with Gasteiger partial charge in [0.25, 0.3) is 15.9 Å². The molecule has 2 N–H and O–H groups in total. The summed E-state index contributed by atoms with van der Waals surface area (Å²) < 4.78 is 38.2. The summed E-state index contributed by atoms with van der Waals surface area (Å²) in [6, 6.07) is 17.6. The van der Waals surface area contributed by atoms with E-state index in [0.717, 1.165) is 5.56 Å². The molecule has 0 fully saturated rings. The number of carbonyl (C=O) groups excluding carboxylic acids is 1. The van der Waals surface area contributed by atoms with Gasteiger partial charge in [-0.2, -0.15) is 0 Å². The van der Waals surface area contributed by atoms with E-state index < -0.39 is 10.0 Å². The molecule has 0 heterocycles. The summed E-state index contributed by atoms with van der Waals surface area (Å²) in [6.07, 6.45) is 0. The van der Waals surface area contributed by atoms with Crippen molar-refractivity contribution < 1.29 is 22.7 Å². The third-order valence-electron chi connectivity index (χ3n) is 4.30. The third-order valence-corrected chi connectivity index (χ3v) is 5.93. The zero-order chi connectivity index (χ0) is 22.4. The number of anilines is 2. The molecule has 162 valence electrons. The molecule has 0 aliphatic rings. The summed E-state index contributed by atoms with van der Waals surface area (Å²) in [5.74, 6) is 0.537. The van der Waals surface area contributed by atoms with Crippen molar-refractivity contribution in [3.8, 4) is 11.5 Å². The molecular weight excluding hydrogens is 440 g/mol. The Balaban J connectivity index is 1.60. The van der Waals surface area contributed by atoms with Crippen LogP contribution in [0.5, 0.6) is 11.5 Å². The predicted octanol–water partition coefficient (Wildman–Crippen LogP) is 4.48. The van der Waals surface area contributed by atoms with Crippen molar-refractivity contribution in [1.29, 1.82) is 0 Å². The number of ether oxygens (including phenoxy) is 2. The van der Waals surface area contributed by atoms with Crippen LogP contribution in [0.4, 0.5) is 11.4 Å². The Bertz CT molecular complexity index is 1180. The number of hydrogen-bond donors (Lipinski definition) is 2. The number of hydrogen-bond acceptors (Lipinski definition) is 5. The molecule has 3 rings (SSSR count). The zero-order valence-electron chi connectivity index (χ0n) is 16.9. The monoisotopic (exact) mass is 460 g/mol. The van der Waals surface area contributed by atoms with E-state index in [-0.39, 0.29) is 17.4 Å². The van der Waals surface area contributed by atoms with Gasteiger partial charge in [-0.3, -0.25) is 9.52 Å². The molecule has 0 aliphatic carbocycles. The van der Waals surface area contributed by atoms with E-state index in [9.17, 15) is 13.2 Å². The fourth-order valence-electron chi connectivity index (χ4n) is 2.68. The number of sulfonamides is 1. The van der Waals surface area contributed by atoms with E-state index in [1.807, 2.05) is 6.92 Å². The van der Waals surface area contributed by atoms with Gasteiger partial charge in [-0.05, 0) is 61.0 Å². The molecule has 3 aromatic rings. The van der Waals surface area contributed by atoms with E-state index >= 15 is 0 Å². The van der Waals surface area contributed by atoms with Gasteiger partial charge >= 0.3 is 0 Å². The van der Waals surface area contributed by atoms with Crippen molar-refractivity contribution in [3.63, 3.8) is 0 Å². The fourth-order valence-corrected chi connectivity index (χ4v) is 3.90. The van der Waals surface area contributed by atoms with Crippen LogP contribution in [0.3, 0.4) is 0 Å². The fraction of sp³-hybridized carbons (Fsp3) is 0.136. The van der Waals surface area contributed by atoms with Crippen LogP contribution in [0.15, 0.2) is 71.6 Å². The second kappa shape index (κ2) is 9.72. The Hall–Kier alpha value is -3.23. The molecule has 7 nitrogen and oxygen atoms in total. The summed E-state index contributed by atoms with van der Waals surface area (Å²) in [7, 11) is -2.29. The van der Waals surface area contributed by atoms with Crippen LogP contribution >= 0.6 is 11.6 Å². The molecule has 3 aromatic carbocycles. The van der Waals surface area contributed by atoms with Crippen molar-refractivity contribution >= 4 is 38.9 Å². The van der Waals surface area contributed by atoms with E-state index in [0.29, 0.717) is 27.9 Å². The largest absolute Gasteiger partial charge is 0.497 e. The first-order chi connectivity index (χ1) is 14.8. The number of benzene rings is 3. The second-order valence-electron chi connectivity index (χ2n) is 6.60. The van der Waals surface area contributed by atoms with Crippen LogP contribution in [-0.4, -0.2) is 28.0 Å². The van der Waals surface area contributed by atoms with Gasteiger partial charge in [0.15, 0.2) is 6.61 Å². The van der Waals surface area contributed by atoms with Crippen LogP contribution < -0.4 is 19.5 Å². The smallest absolute Gasteiger partial charge is 0.262 e. The predicted molar refractivity (Wildman–Crippen MR) is 121 cm³/mol. The van der Waals surface area contributed by atoms with Crippen molar-refractivity contribution in [1.82, 2.24) is 0 Å². The second-order valence-corrected chi connectivity index (χ2v) is 8.72. The Kier molecular flexibility index (Phi) is 7.04. The molecule has 1 amide bonds. The molecular formula is C22H21ClN2O5S. The van der Waals surface area contributed by atoms with Gasteiger partial charge in [0, 0.05) is 16.8 Å². The third kappa shape index (κ3) is 6.13. The molecule has 0 saturated carbocycles. The highest BCUT2D eigenvalue weighted by Gasteiger charge is 2.15. The summed E-state index contributed by atoms with van der Waals surface area (Å²) >= 11 is 5.95. The van der Waals surface area contributed by atoms with E-state index in [2.05, 4.69) is 10.0 Å². The van der Waals surface area contributed by atoms with Gasteiger partial charge in [-0.1, -0.05) is 23.7 Å². The standard InChI is InChI=1S/C22H21ClN2O5S/c1-15-6-7-16(23)12-21(15)24-22(26)14-30-18-8-10-20(11-9-18)31(27,28)25-17-4-3-5-19(13-17)29-2/h3-13,25H,14H2,1-2H3,(H,24,26). The van der Waals surface area contributed by atoms with E-state index in [1.54, 1.807) is 42.5 Å². The van der Waals surface area contributed by atoms with Crippen LogP contribution in [0.2, 0.25) is 5.02 Å². The first kappa shape index (κ1) is 22.5. The summed E-state index contributed by atoms with van der Waals surface area (Å²) in [6.45, 7) is 1.62. The van der Waals surface area contributed by atoms with Gasteiger partial charge < -0.3 is 14.8 Å². The molecule has 31 heavy (non-hydrogen) atoms. The molecule has 0 bridgehead atoms. The van der Waals surface area contributed by atoms with Crippen LogP contribution in [0.1, 0.15) is 5.56 Å². The lowest BCUT2D eigenvalue weighted by atomic mass is 10.2. The maximum atomic E-state index is 12.6. The zero-order valence-corrected chi connectivity index (χ0v) is 18.5. The van der Waals surface area contributed by atoms with Crippen molar-refractivity contribution in [2.24, 2.45) is 0 Å². The minimum absolute atomic E-state index is 0.0571. The summed E-state index contributed by atoms with van der Waals surface area (Å²) in [4.78, 5) is 12.2. The Morgan fingerprint density at radius 1 is 1.00 bits per heavy atom. The maximum Gasteiger partial charge on any atom is 0.262 e. The van der Waals surface area contributed by atoms with Gasteiger partial charge in [0.05, 0.1) is 17.7 Å². The Labute approximate surface area is 186 Å². The highest BCUT2D eigenvalue weighted by atomic mass is 35.5. The first-order valence-electron chi connectivity index (χ1n) is 9.22. The quantitative estimate of drug-likeness (QED) is 0.517. The average Bonchev–Trinajstić information content (AvgIpc) is 2.75. The van der Waals surface area contributed by atoms with Gasteiger partial charge in [-0.15, -0.1) is 0 Å². The maximum absolute atomic E-state index is 12.6. The number of rotatable bonds is 8. The molecule has 0 unspecified atom stereocenters. The SMILES string of the molecule is COc1cccc(NS(=O)(=O)c2ccc(OCC(=O)Nc3cc(Cl)ccc3C)cc2)c1. The molecule has 9 heteroatoms. The van der Waals surface area contributed by atoms with Crippen LogP contribution in [0, 0.1) is 6.92 Å². The Morgan fingerprint density at radius 2 is 1.74 bits per heavy atom. The lowest BCUT2D eigenvalue weighted by molar-refractivity contribution is -0.118. The number of nitrogens with one attached hydrogen (secondary N) is 2. The van der Waals surface area contributed by atoms with Crippen molar-refractivity contribution in [3.05, 3.63) is 77.3 Å². The highest BCUT2D eigenvalue weighted by molar-refractivity contribution is 7.92. The normalized spacial score (nSPS) is 10.9.